The van der Waals surface area contributed by atoms with E-state index in [2.05, 4.69) is 4.98 Å². The molecule has 1 aromatic carbocycles. The first-order valence-electron chi connectivity index (χ1n) is 7.26. The van der Waals surface area contributed by atoms with Gasteiger partial charge in [0, 0.05) is 44.4 Å². The first kappa shape index (κ1) is 15.1. The Balaban J connectivity index is 1.64. The van der Waals surface area contributed by atoms with Crippen LogP contribution >= 0.6 is 11.6 Å². The van der Waals surface area contributed by atoms with Crippen LogP contribution in [0.2, 0.25) is 5.02 Å². The maximum atomic E-state index is 10.9. The van der Waals surface area contributed by atoms with Crippen molar-refractivity contribution in [3.63, 3.8) is 0 Å². The number of aromatic nitrogens is 1. The summed E-state index contributed by atoms with van der Waals surface area (Å²) in [4.78, 5) is 20.3. The molecule has 116 valence electrons. The van der Waals surface area contributed by atoms with Crippen LogP contribution in [0.4, 0.5) is 0 Å². The summed E-state index contributed by atoms with van der Waals surface area (Å²) < 4.78 is 6.02. The molecule has 1 aliphatic rings. The third-order valence-electron chi connectivity index (χ3n) is 3.62. The zero-order valence-corrected chi connectivity index (χ0v) is 13.0. The minimum absolute atomic E-state index is 0.111. The predicted octanol–water partition coefficient (Wildman–Crippen LogP) is 3.21. The number of carbonyl (C=O) groups excluding carboxylic acids is 1. The van der Waals surface area contributed by atoms with Crippen molar-refractivity contribution in [2.24, 2.45) is 0 Å². The monoisotopic (exact) mass is 320 g/mol. The molecule has 1 fully saturated rings. The summed E-state index contributed by atoms with van der Waals surface area (Å²) in [5.41, 5.74) is 0.851. The Bertz CT molecular complexity index is 684. The van der Waals surface area contributed by atoms with Crippen LogP contribution in [0.3, 0.4) is 0 Å². The molecule has 3 rings (SSSR count). The molecule has 1 aromatic heterocycles. The number of halogens is 1. The third kappa shape index (κ3) is 3.48. The number of ether oxygens (including phenoxy) is 1. The van der Waals surface area contributed by atoms with Crippen LogP contribution in [0.5, 0.6) is 5.75 Å². The fraction of sp³-hybridized carbons (Fsp3) is 0.375. The number of piperidine rings is 1. The maximum Gasteiger partial charge on any atom is 0.322 e. The molecule has 6 heteroatoms. The van der Waals surface area contributed by atoms with Gasteiger partial charge < -0.3 is 9.57 Å². The van der Waals surface area contributed by atoms with E-state index in [-0.39, 0.29) is 12.1 Å². The van der Waals surface area contributed by atoms with E-state index < -0.39 is 0 Å². The average Bonchev–Trinajstić information content (AvgIpc) is 2.50. The van der Waals surface area contributed by atoms with Gasteiger partial charge in [-0.2, -0.15) is 0 Å². The van der Waals surface area contributed by atoms with E-state index in [4.69, 9.17) is 21.2 Å². The van der Waals surface area contributed by atoms with Gasteiger partial charge in [-0.1, -0.05) is 11.6 Å². The fourth-order valence-corrected chi connectivity index (χ4v) is 2.79. The lowest BCUT2D eigenvalue weighted by molar-refractivity contribution is -0.195. The van der Waals surface area contributed by atoms with E-state index in [1.165, 1.54) is 6.92 Å². The number of nitrogens with zero attached hydrogens (tertiary/aromatic N) is 2. The molecule has 22 heavy (non-hydrogen) atoms. The highest BCUT2D eigenvalue weighted by molar-refractivity contribution is 6.35. The second-order valence-electron chi connectivity index (χ2n) is 5.30. The fourth-order valence-electron chi connectivity index (χ4n) is 2.58. The smallest absolute Gasteiger partial charge is 0.322 e. The lowest BCUT2D eigenvalue weighted by Gasteiger charge is -2.30. The standard InChI is InChI=1S/C16H17ClN2O3/c1-11(20)22-19-8-5-12(6-9-19)21-13-2-3-16-14(10-13)15(17)4-7-18-16/h2-4,7,10,12H,5-6,8-9H2,1H3. The van der Waals surface area contributed by atoms with Crippen LogP contribution in [-0.2, 0) is 9.63 Å². The zero-order chi connectivity index (χ0) is 15.5. The summed E-state index contributed by atoms with van der Waals surface area (Å²) in [6.45, 7) is 2.77. The molecule has 2 heterocycles. The molecular formula is C16H17ClN2O3. The van der Waals surface area contributed by atoms with Crippen molar-refractivity contribution in [3.05, 3.63) is 35.5 Å². The second-order valence-corrected chi connectivity index (χ2v) is 5.71. The summed E-state index contributed by atoms with van der Waals surface area (Å²) in [7, 11) is 0. The van der Waals surface area contributed by atoms with Gasteiger partial charge in [-0.15, -0.1) is 5.06 Å². The van der Waals surface area contributed by atoms with Crippen LogP contribution in [-0.4, -0.2) is 35.2 Å². The molecule has 0 N–H and O–H groups in total. The number of fused-ring (bicyclic) bond motifs is 1. The van der Waals surface area contributed by atoms with Gasteiger partial charge >= 0.3 is 5.97 Å². The number of hydrogen-bond donors (Lipinski definition) is 0. The highest BCUT2D eigenvalue weighted by Crippen LogP contribution is 2.27. The largest absolute Gasteiger partial charge is 0.490 e. The average molecular weight is 321 g/mol. The Morgan fingerprint density at radius 2 is 2.09 bits per heavy atom. The van der Waals surface area contributed by atoms with Gasteiger partial charge in [-0.3, -0.25) is 9.78 Å². The maximum absolute atomic E-state index is 10.9. The molecular weight excluding hydrogens is 304 g/mol. The quantitative estimate of drug-likeness (QED) is 0.869. The van der Waals surface area contributed by atoms with E-state index in [0.29, 0.717) is 18.1 Å². The molecule has 0 radical (unpaired) electrons. The van der Waals surface area contributed by atoms with Crippen LogP contribution in [0, 0.1) is 0 Å². The topological polar surface area (TPSA) is 51.7 Å². The van der Waals surface area contributed by atoms with Crippen LogP contribution in [0.1, 0.15) is 19.8 Å². The number of pyridine rings is 1. The lowest BCUT2D eigenvalue weighted by Crippen LogP contribution is -2.39. The Morgan fingerprint density at radius 3 is 2.82 bits per heavy atom. The molecule has 2 aromatic rings. The van der Waals surface area contributed by atoms with Crippen molar-refractivity contribution >= 4 is 28.5 Å². The molecule has 0 aliphatic carbocycles. The summed E-state index contributed by atoms with van der Waals surface area (Å²) in [6.07, 6.45) is 3.42. The van der Waals surface area contributed by atoms with Crippen molar-refractivity contribution in [3.8, 4) is 5.75 Å². The molecule has 1 aliphatic heterocycles. The van der Waals surface area contributed by atoms with Crippen LogP contribution in [0.25, 0.3) is 10.9 Å². The summed E-state index contributed by atoms with van der Waals surface area (Å²) >= 11 is 6.19. The highest BCUT2D eigenvalue weighted by atomic mass is 35.5. The lowest BCUT2D eigenvalue weighted by atomic mass is 10.1. The molecule has 0 spiro atoms. The van der Waals surface area contributed by atoms with Gasteiger partial charge in [-0.25, -0.2) is 0 Å². The number of benzene rings is 1. The normalized spacial score (nSPS) is 16.6. The number of rotatable bonds is 3. The van der Waals surface area contributed by atoms with E-state index in [1.807, 2.05) is 18.2 Å². The minimum Gasteiger partial charge on any atom is -0.490 e. The Labute approximate surface area is 133 Å². The molecule has 0 amide bonds. The second kappa shape index (κ2) is 6.50. The van der Waals surface area contributed by atoms with Gasteiger partial charge in [-0.05, 0) is 24.3 Å². The van der Waals surface area contributed by atoms with E-state index in [9.17, 15) is 4.79 Å². The zero-order valence-electron chi connectivity index (χ0n) is 12.3. The van der Waals surface area contributed by atoms with E-state index in [1.54, 1.807) is 17.3 Å². The highest BCUT2D eigenvalue weighted by Gasteiger charge is 2.22. The summed E-state index contributed by atoms with van der Waals surface area (Å²) in [5, 5.41) is 3.24. The first-order valence-corrected chi connectivity index (χ1v) is 7.64. The van der Waals surface area contributed by atoms with Gasteiger partial charge in [0.05, 0.1) is 10.5 Å². The van der Waals surface area contributed by atoms with Gasteiger partial charge in [0.1, 0.15) is 11.9 Å². The van der Waals surface area contributed by atoms with Crippen molar-refractivity contribution in [2.45, 2.75) is 25.9 Å². The predicted molar refractivity (Wildman–Crippen MR) is 83.7 cm³/mol. The van der Waals surface area contributed by atoms with Gasteiger partial charge in [0.25, 0.3) is 0 Å². The number of carbonyl (C=O) groups is 1. The molecule has 1 saturated heterocycles. The first-order chi connectivity index (χ1) is 10.6. The van der Waals surface area contributed by atoms with Gasteiger partial charge in [0.2, 0.25) is 0 Å². The third-order valence-corrected chi connectivity index (χ3v) is 3.95. The summed E-state index contributed by atoms with van der Waals surface area (Å²) in [5.74, 6) is 0.504. The van der Waals surface area contributed by atoms with Gasteiger partial charge in [0.15, 0.2) is 0 Å². The Morgan fingerprint density at radius 1 is 1.32 bits per heavy atom. The van der Waals surface area contributed by atoms with Crippen LogP contribution < -0.4 is 4.74 Å². The van der Waals surface area contributed by atoms with E-state index in [0.717, 1.165) is 29.5 Å². The minimum atomic E-state index is -0.281. The molecule has 0 saturated carbocycles. The Kier molecular flexibility index (Phi) is 4.45. The van der Waals surface area contributed by atoms with Crippen molar-refractivity contribution in [2.75, 3.05) is 13.1 Å². The molecule has 0 bridgehead atoms. The van der Waals surface area contributed by atoms with Crippen molar-refractivity contribution < 1.29 is 14.4 Å². The van der Waals surface area contributed by atoms with Crippen LogP contribution in [0.15, 0.2) is 30.5 Å². The molecule has 0 unspecified atom stereocenters. The number of hydrogen-bond acceptors (Lipinski definition) is 5. The SMILES string of the molecule is CC(=O)ON1CCC(Oc2ccc3nccc(Cl)c3c2)CC1. The number of hydroxylamine groups is 2. The van der Waals surface area contributed by atoms with Crippen molar-refractivity contribution in [1.82, 2.24) is 10.0 Å². The summed E-state index contributed by atoms with van der Waals surface area (Å²) in [6, 6.07) is 7.50. The molecule has 0 atom stereocenters. The Hall–Kier alpha value is -1.85. The van der Waals surface area contributed by atoms with E-state index >= 15 is 0 Å². The molecule has 5 nitrogen and oxygen atoms in total. The van der Waals surface area contributed by atoms with Crippen molar-refractivity contribution in [1.29, 1.82) is 0 Å².